The second kappa shape index (κ2) is 10.6. The molecule has 6 rings (SSSR count). The highest BCUT2D eigenvalue weighted by molar-refractivity contribution is 6.01. The third-order valence-corrected chi connectivity index (χ3v) is 10.2. The summed E-state index contributed by atoms with van der Waals surface area (Å²) in [5, 5.41) is 18.6. The van der Waals surface area contributed by atoms with Crippen molar-refractivity contribution in [1.82, 2.24) is 25.4 Å². The normalized spacial score (nSPS) is 34.0. The van der Waals surface area contributed by atoms with Crippen LogP contribution in [0.15, 0.2) is 18.3 Å². The van der Waals surface area contributed by atoms with Gasteiger partial charge >= 0.3 is 6.03 Å². The molecule has 0 unspecified atom stereocenters. The Morgan fingerprint density at radius 3 is 2.58 bits per heavy atom. The molecule has 0 aromatic carbocycles. The molecule has 2 bridgehead atoms. The molecule has 45 heavy (non-hydrogen) atoms. The predicted molar refractivity (Wildman–Crippen MR) is 160 cm³/mol. The summed E-state index contributed by atoms with van der Waals surface area (Å²) < 4.78 is 21.4. The van der Waals surface area contributed by atoms with E-state index in [0.29, 0.717) is 18.6 Å². The maximum atomic E-state index is 15.3. The molecule has 1 aromatic rings. The molecule has 3 N–H and O–H groups in total. The summed E-state index contributed by atoms with van der Waals surface area (Å²) in [4.78, 5) is 62.5. The van der Waals surface area contributed by atoms with Crippen LogP contribution in [0.4, 0.5) is 15.0 Å². The summed E-state index contributed by atoms with van der Waals surface area (Å²) in [6.07, 6.45) is 1.42. The first-order valence-electron chi connectivity index (χ1n) is 15.7. The van der Waals surface area contributed by atoms with Gasteiger partial charge in [-0.15, -0.1) is 0 Å². The second-order valence-corrected chi connectivity index (χ2v) is 15.5. The molecular formula is C32H42FN7O5. The topological polar surface area (TPSA) is 157 Å². The molecule has 1 spiro atoms. The van der Waals surface area contributed by atoms with Gasteiger partial charge in [0.1, 0.15) is 24.3 Å². The van der Waals surface area contributed by atoms with Crippen molar-refractivity contribution < 1.29 is 28.3 Å². The van der Waals surface area contributed by atoms with Crippen LogP contribution in [0.1, 0.15) is 60.8 Å². The largest absolute Gasteiger partial charge is 0.472 e. The number of fused-ring (bicyclic) bond motifs is 6. The number of ether oxygens (including phenoxy) is 1. The van der Waals surface area contributed by atoms with Gasteiger partial charge in [0, 0.05) is 24.7 Å². The summed E-state index contributed by atoms with van der Waals surface area (Å²) in [6.45, 7) is 11.1. The molecule has 13 heteroatoms. The fourth-order valence-corrected chi connectivity index (χ4v) is 8.24. The van der Waals surface area contributed by atoms with E-state index < -0.39 is 70.5 Å². The van der Waals surface area contributed by atoms with Crippen LogP contribution in [-0.4, -0.2) is 87.1 Å². The lowest BCUT2D eigenvalue weighted by Crippen LogP contribution is -2.62. The highest BCUT2D eigenvalue weighted by Crippen LogP contribution is 2.59. The number of likely N-dealkylation sites (tertiary alicyclic amines) is 2. The van der Waals surface area contributed by atoms with Crippen LogP contribution in [0.2, 0.25) is 0 Å². The van der Waals surface area contributed by atoms with Crippen molar-refractivity contribution >= 4 is 29.6 Å². The van der Waals surface area contributed by atoms with Gasteiger partial charge in [-0.25, -0.2) is 14.2 Å². The lowest BCUT2D eigenvalue weighted by Gasteiger charge is -2.39. The van der Waals surface area contributed by atoms with Crippen LogP contribution in [0.25, 0.3) is 0 Å². The van der Waals surface area contributed by atoms with Gasteiger partial charge in [0.25, 0.3) is 5.91 Å². The zero-order chi connectivity index (χ0) is 32.6. The molecular weight excluding hydrogens is 581 g/mol. The number of carbonyl (C=O) groups excluding carboxylic acids is 4. The molecule has 2 aliphatic carbocycles. The van der Waals surface area contributed by atoms with Crippen molar-refractivity contribution in [1.29, 1.82) is 5.26 Å². The SMILES string of the molecule is CC(C)(C)NC(=O)N[C@H](C(=O)N1C[C@@H]2[C@H]3C[C@@H]([C@@H]2[C@H]1C(=O)N1C[C@@]2(C[C@H]1C#N)Oc1cccnc1NC2=O)[C@H](F)C3)C(C)(C)C. The van der Waals surface area contributed by atoms with E-state index in [1.54, 1.807) is 12.1 Å². The number of hydrogen-bond donors (Lipinski definition) is 3. The Morgan fingerprint density at radius 2 is 1.91 bits per heavy atom. The number of carbonyl (C=O) groups is 4. The average molecular weight is 624 g/mol. The van der Waals surface area contributed by atoms with Gasteiger partial charge in [-0.3, -0.25) is 14.4 Å². The van der Waals surface area contributed by atoms with E-state index in [1.807, 2.05) is 41.5 Å². The van der Waals surface area contributed by atoms with Crippen LogP contribution in [-0.2, 0) is 14.4 Å². The summed E-state index contributed by atoms with van der Waals surface area (Å²) >= 11 is 0. The molecule has 5 amide bonds. The number of aromatic nitrogens is 1. The average Bonchev–Trinajstić information content (AvgIpc) is 3.69. The van der Waals surface area contributed by atoms with Crippen LogP contribution >= 0.6 is 0 Å². The Morgan fingerprint density at radius 1 is 1.18 bits per heavy atom. The van der Waals surface area contributed by atoms with E-state index in [9.17, 15) is 24.4 Å². The van der Waals surface area contributed by atoms with E-state index in [-0.39, 0.29) is 43.1 Å². The molecule has 0 radical (unpaired) electrons. The fraction of sp³-hybridized carbons (Fsp3) is 0.688. The molecule has 2 saturated carbocycles. The van der Waals surface area contributed by atoms with Crippen LogP contribution in [0, 0.1) is 40.4 Å². The van der Waals surface area contributed by atoms with Crippen LogP contribution < -0.4 is 20.7 Å². The molecule has 1 aromatic heterocycles. The van der Waals surface area contributed by atoms with Crippen molar-refractivity contribution in [2.45, 2.75) is 96.2 Å². The zero-order valence-electron chi connectivity index (χ0n) is 26.6. The number of pyridine rings is 1. The molecule has 2 saturated heterocycles. The number of nitrogens with zero attached hydrogens (tertiary/aromatic N) is 4. The monoisotopic (exact) mass is 623 g/mol. The van der Waals surface area contributed by atoms with Crippen LogP contribution in [0.5, 0.6) is 5.75 Å². The number of halogens is 1. The quantitative estimate of drug-likeness (QED) is 0.467. The summed E-state index contributed by atoms with van der Waals surface area (Å²) in [6, 6.07) is 1.94. The molecule has 4 fully saturated rings. The van der Waals surface area contributed by atoms with Gasteiger partial charge in [-0.2, -0.15) is 5.26 Å². The van der Waals surface area contributed by atoms with E-state index in [1.165, 1.54) is 16.0 Å². The van der Waals surface area contributed by atoms with E-state index in [4.69, 9.17) is 4.74 Å². The standard InChI is InChI=1S/C32H42FN7O5/c1-30(2,3)24(36-29(44)38-31(4,5)6)27(42)39-14-19-16-10-18(20(33)11-16)22(19)23(39)26(41)40-15-32(12-17(40)13-34)28(43)37-25-21(45-32)8-7-9-35-25/h7-9,16-20,22-24H,10-12,14-15H2,1-6H3,(H,35,37,43)(H2,36,38,44)/t16-,17-,18+,19+,20+,22-,23-,24+,32+/m0/s1. The van der Waals surface area contributed by atoms with Crippen molar-refractivity contribution in [2.75, 3.05) is 18.4 Å². The van der Waals surface area contributed by atoms with E-state index in [2.05, 4.69) is 27.0 Å². The summed E-state index contributed by atoms with van der Waals surface area (Å²) in [7, 11) is 0. The Kier molecular flexibility index (Phi) is 7.29. The third kappa shape index (κ3) is 5.25. The molecule has 3 aliphatic heterocycles. The Labute approximate surface area is 262 Å². The number of nitriles is 1. The lowest BCUT2D eigenvalue weighted by molar-refractivity contribution is -0.149. The first-order chi connectivity index (χ1) is 21.0. The summed E-state index contributed by atoms with van der Waals surface area (Å²) in [5.41, 5.74) is -2.78. The molecule has 5 aliphatic rings. The summed E-state index contributed by atoms with van der Waals surface area (Å²) in [5.74, 6) is -1.69. The van der Waals surface area contributed by atoms with Crippen molar-refractivity contribution in [2.24, 2.45) is 29.1 Å². The number of rotatable bonds is 3. The number of nitrogens with one attached hydrogen (secondary N) is 3. The predicted octanol–water partition coefficient (Wildman–Crippen LogP) is 2.61. The second-order valence-electron chi connectivity index (χ2n) is 15.5. The minimum atomic E-state index is -1.52. The van der Waals surface area contributed by atoms with Crippen LogP contribution in [0.3, 0.4) is 0 Å². The van der Waals surface area contributed by atoms with Crippen molar-refractivity contribution in [3.8, 4) is 11.8 Å². The fourth-order valence-electron chi connectivity index (χ4n) is 8.24. The lowest BCUT2D eigenvalue weighted by atomic mass is 9.77. The van der Waals surface area contributed by atoms with Gasteiger partial charge < -0.3 is 30.5 Å². The van der Waals surface area contributed by atoms with Crippen molar-refractivity contribution in [3.63, 3.8) is 0 Å². The first kappa shape index (κ1) is 31.0. The highest BCUT2D eigenvalue weighted by Gasteiger charge is 2.65. The number of anilines is 1. The smallest absolute Gasteiger partial charge is 0.315 e. The Hall–Kier alpha value is -3.95. The van der Waals surface area contributed by atoms with Gasteiger partial charge in [-0.1, -0.05) is 20.8 Å². The van der Waals surface area contributed by atoms with Gasteiger partial charge in [0.2, 0.25) is 17.4 Å². The minimum Gasteiger partial charge on any atom is -0.472 e. The minimum absolute atomic E-state index is 0.0430. The number of urea groups is 1. The molecule has 9 atom stereocenters. The Balaban J connectivity index is 1.33. The maximum absolute atomic E-state index is 15.3. The highest BCUT2D eigenvalue weighted by atomic mass is 19.1. The van der Waals surface area contributed by atoms with Gasteiger partial charge in [0.15, 0.2) is 11.6 Å². The van der Waals surface area contributed by atoms with E-state index in [0.717, 1.165) is 0 Å². The molecule has 242 valence electrons. The van der Waals surface area contributed by atoms with Gasteiger partial charge in [0.05, 0.1) is 12.6 Å². The molecule has 12 nitrogen and oxygen atoms in total. The first-order valence-corrected chi connectivity index (χ1v) is 15.7. The third-order valence-electron chi connectivity index (χ3n) is 10.2. The number of amides is 5. The zero-order valence-corrected chi connectivity index (χ0v) is 26.6. The maximum Gasteiger partial charge on any atom is 0.315 e. The Bertz CT molecular complexity index is 1470. The molecule has 4 heterocycles. The van der Waals surface area contributed by atoms with Crippen molar-refractivity contribution in [3.05, 3.63) is 18.3 Å². The number of alkyl halides is 1. The number of hydrogen-bond acceptors (Lipinski definition) is 7. The van der Waals surface area contributed by atoms with E-state index >= 15 is 4.39 Å². The van der Waals surface area contributed by atoms with Gasteiger partial charge in [-0.05, 0) is 74.8 Å².